The van der Waals surface area contributed by atoms with Gasteiger partial charge in [-0.3, -0.25) is 4.79 Å². The van der Waals surface area contributed by atoms with Crippen LogP contribution >= 0.6 is 0 Å². The third-order valence-electron chi connectivity index (χ3n) is 4.24. The molecule has 1 heteroatoms. The third kappa shape index (κ3) is 2.03. The number of Topliss-reactive ketones (excluding diaryl/α,β-unsaturated/α-hetero) is 1. The minimum absolute atomic E-state index is 0.181. The molecule has 0 spiro atoms. The molecule has 0 heterocycles. The monoisotopic (exact) mass is 230 g/mol. The highest BCUT2D eigenvalue weighted by Gasteiger charge is 2.31. The van der Waals surface area contributed by atoms with Crippen LogP contribution in [0.5, 0.6) is 0 Å². The Morgan fingerprint density at radius 2 is 2.00 bits per heavy atom. The van der Waals surface area contributed by atoms with Crippen LogP contribution in [0.15, 0.2) is 12.1 Å². The lowest BCUT2D eigenvalue weighted by atomic mass is 9.68. The predicted octanol–water partition coefficient (Wildman–Crippen LogP) is 4.37. The number of hydrogen-bond acceptors (Lipinski definition) is 1. The van der Waals surface area contributed by atoms with Crippen molar-refractivity contribution in [1.29, 1.82) is 0 Å². The highest BCUT2D eigenvalue weighted by Crippen LogP contribution is 2.43. The lowest BCUT2D eigenvalue weighted by Gasteiger charge is -2.36. The van der Waals surface area contributed by atoms with Crippen LogP contribution in [0, 0.1) is 6.92 Å². The van der Waals surface area contributed by atoms with Gasteiger partial charge in [-0.05, 0) is 60.8 Å². The topological polar surface area (TPSA) is 17.1 Å². The van der Waals surface area contributed by atoms with Crippen molar-refractivity contribution < 1.29 is 4.79 Å². The zero-order chi connectivity index (χ0) is 12.8. The van der Waals surface area contributed by atoms with Gasteiger partial charge in [0.15, 0.2) is 5.78 Å². The quantitative estimate of drug-likeness (QED) is 0.655. The summed E-state index contributed by atoms with van der Waals surface area (Å²) in [4.78, 5) is 11.6. The molecule has 1 aliphatic rings. The fraction of sp³-hybridized carbons (Fsp3) is 0.562. The summed E-state index contributed by atoms with van der Waals surface area (Å²) in [5, 5.41) is 0. The Balaban J connectivity index is 2.65. The summed E-state index contributed by atoms with van der Waals surface area (Å²) >= 11 is 0. The van der Waals surface area contributed by atoms with E-state index in [0.29, 0.717) is 5.92 Å². The molecule has 0 aliphatic heterocycles. The fourth-order valence-corrected chi connectivity index (χ4v) is 2.97. The van der Waals surface area contributed by atoms with Gasteiger partial charge in [0, 0.05) is 5.56 Å². The fourth-order valence-electron chi connectivity index (χ4n) is 2.97. The molecular formula is C16H22O. The number of fused-ring (bicyclic) bond motifs is 1. The van der Waals surface area contributed by atoms with Crippen molar-refractivity contribution >= 4 is 5.78 Å². The van der Waals surface area contributed by atoms with E-state index in [-0.39, 0.29) is 11.2 Å². The Hall–Kier alpha value is -1.11. The summed E-state index contributed by atoms with van der Waals surface area (Å²) in [6.45, 7) is 10.6. The first-order chi connectivity index (χ1) is 7.83. The smallest absolute Gasteiger partial charge is 0.160 e. The molecule has 1 aromatic rings. The number of rotatable bonds is 1. The summed E-state index contributed by atoms with van der Waals surface area (Å²) in [5.41, 5.74) is 5.10. The van der Waals surface area contributed by atoms with Crippen molar-refractivity contribution in [3.63, 3.8) is 0 Å². The first-order valence-corrected chi connectivity index (χ1v) is 6.49. The molecule has 1 aromatic carbocycles. The number of carbonyl (C=O) groups is 1. The number of aryl methyl sites for hydroxylation is 1. The first kappa shape index (κ1) is 12.3. The zero-order valence-electron chi connectivity index (χ0n) is 11.6. The van der Waals surface area contributed by atoms with E-state index in [2.05, 4.69) is 32.9 Å². The van der Waals surface area contributed by atoms with E-state index < -0.39 is 0 Å². The molecule has 17 heavy (non-hydrogen) atoms. The molecule has 0 fully saturated rings. The standard InChI is InChI=1S/C16H22O/c1-10-6-7-16(4,5)15-8-11(2)13(12(3)17)9-14(10)15/h8-10H,6-7H2,1-5H3/t10-/m1/s1. The molecule has 0 saturated carbocycles. The molecule has 0 N–H and O–H groups in total. The van der Waals surface area contributed by atoms with Crippen LogP contribution in [0.4, 0.5) is 0 Å². The SMILES string of the molecule is CC(=O)c1cc2c(cc1C)C(C)(C)CC[C@H]2C. The van der Waals surface area contributed by atoms with E-state index in [1.165, 1.54) is 24.0 Å². The summed E-state index contributed by atoms with van der Waals surface area (Å²) in [5.74, 6) is 0.762. The van der Waals surface area contributed by atoms with Crippen molar-refractivity contribution in [2.45, 2.75) is 58.8 Å². The second-order valence-corrected chi connectivity index (χ2v) is 6.13. The number of ketones is 1. The maximum Gasteiger partial charge on any atom is 0.160 e. The molecule has 92 valence electrons. The largest absolute Gasteiger partial charge is 0.295 e. The van der Waals surface area contributed by atoms with Crippen LogP contribution in [0.3, 0.4) is 0 Å². The second kappa shape index (κ2) is 3.97. The molecule has 1 aliphatic carbocycles. The summed E-state index contributed by atoms with van der Waals surface area (Å²) in [7, 11) is 0. The normalized spacial score (nSPS) is 22.1. The van der Waals surface area contributed by atoms with E-state index in [0.717, 1.165) is 11.1 Å². The molecule has 0 bridgehead atoms. The van der Waals surface area contributed by atoms with Crippen LogP contribution in [-0.2, 0) is 5.41 Å². The van der Waals surface area contributed by atoms with Gasteiger partial charge in [0.1, 0.15) is 0 Å². The van der Waals surface area contributed by atoms with Gasteiger partial charge in [-0.1, -0.05) is 26.8 Å². The molecule has 0 unspecified atom stereocenters. The molecular weight excluding hydrogens is 208 g/mol. The first-order valence-electron chi connectivity index (χ1n) is 6.49. The second-order valence-electron chi connectivity index (χ2n) is 6.13. The van der Waals surface area contributed by atoms with E-state index in [9.17, 15) is 4.79 Å². The molecule has 0 saturated heterocycles. The van der Waals surface area contributed by atoms with Crippen molar-refractivity contribution in [1.82, 2.24) is 0 Å². The maximum atomic E-state index is 11.6. The lowest BCUT2D eigenvalue weighted by Crippen LogP contribution is -2.26. The van der Waals surface area contributed by atoms with Crippen molar-refractivity contribution in [3.05, 3.63) is 34.4 Å². The van der Waals surface area contributed by atoms with Crippen molar-refractivity contribution in [2.24, 2.45) is 0 Å². The van der Waals surface area contributed by atoms with Crippen molar-refractivity contribution in [3.8, 4) is 0 Å². The number of benzene rings is 1. The molecule has 1 atom stereocenters. The highest BCUT2D eigenvalue weighted by atomic mass is 16.1. The average Bonchev–Trinajstić information content (AvgIpc) is 2.23. The van der Waals surface area contributed by atoms with Gasteiger partial charge < -0.3 is 0 Å². The van der Waals surface area contributed by atoms with E-state index in [4.69, 9.17) is 0 Å². The zero-order valence-corrected chi connectivity index (χ0v) is 11.6. The van der Waals surface area contributed by atoms with Gasteiger partial charge >= 0.3 is 0 Å². The minimum Gasteiger partial charge on any atom is -0.295 e. The summed E-state index contributed by atoms with van der Waals surface area (Å²) < 4.78 is 0. The Kier molecular flexibility index (Phi) is 2.89. The number of hydrogen-bond donors (Lipinski definition) is 0. The summed E-state index contributed by atoms with van der Waals surface area (Å²) in [6, 6.07) is 4.38. The van der Waals surface area contributed by atoms with Crippen LogP contribution in [0.2, 0.25) is 0 Å². The summed E-state index contributed by atoms with van der Waals surface area (Å²) in [6.07, 6.45) is 2.46. The molecule has 1 nitrogen and oxygen atoms in total. The predicted molar refractivity (Wildman–Crippen MR) is 71.9 cm³/mol. The molecule has 0 radical (unpaired) electrons. The van der Waals surface area contributed by atoms with Crippen LogP contribution in [-0.4, -0.2) is 5.78 Å². The van der Waals surface area contributed by atoms with Crippen LogP contribution in [0.25, 0.3) is 0 Å². The Labute approximate surface area is 104 Å². The van der Waals surface area contributed by atoms with Gasteiger partial charge in [0.05, 0.1) is 0 Å². The van der Waals surface area contributed by atoms with Crippen LogP contribution in [0.1, 0.15) is 73.5 Å². The third-order valence-corrected chi connectivity index (χ3v) is 4.24. The maximum absolute atomic E-state index is 11.6. The number of carbonyl (C=O) groups excluding carboxylic acids is 1. The van der Waals surface area contributed by atoms with Crippen molar-refractivity contribution in [2.75, 3.05) is 0 Å². The van der Waals surface area contributed by atoms with E-state index in [1.807, 2.05) is 6.92 Å². The van der Waals surface area contributed by atoms with Gasteiger partial charge in [0.25, 0.3) is 0 Å². The Morgan fingerprint density at radius 3 is 2.59 bits per heavy atom. The molecule has 0 amide bonds. The molecule has 0 aromatic heterocycles. The highest BCUT2D eigenvalue weighted by molar-refractivity contribution is 5.95. The Morgan fingerprint density at radius 1 is 1.35 bits per heavy atom. The Bertz CT molecular complexity index is 469. The lowest BCUT2D eigenvalue weighted by molar-refractivity contribution is 0.101. The van der Waals surface area contributed by atoms with E-state index in [1.54, 1.807) is 6.92 Å². The minimum atomic E-state index is 0.181. The van der Waals surface area contributed by atoms with Crippen LogP contribution < -0.4 is 0 Å². The average molecular weight is 230 g/mol. The van der Waals surface area contributed by atoms with Gasteiger partial charge in [-0.2, -0.15) is 0 Å². The van der Waals surface area contributed by atoms with Gasteiger partial charge in [-0.25, -0.2) is 0 Å². The van der Waals surface area contributed by atoms with Gasteiger partial charge in [0.2, 0.25) is 0 Å². The van der Waals surface area contributed by atoms with Gasteiger partial charge in [-0.15, -0.1) is 0 Å². The van der Waals surface area contributed by atoms with E-state index >= 15 is 0 Å². The molecule has 2 rings (SSSR count).